The lowest BCUT2D eigenvalue weighted by Crippen LogP contribution is -2.33. The maximum absolute atomic E-state index is 13.6. The van der Waals surface area contributed by atoms with Crippen LogP contribution in [0.15, 0.2) is 54.9 Å². The summed E-state index contributed by atoms with van der Waals surface area (Å²) in [7, 11) is 0. The van der Waals surface area contributed by atoms with E-state index in [2.05, 4.69) is 15.5 Å². The molecular weight excluding hydrogens is 377 g/mol. The molecule has 1 aromatic carbocycles. The molecule has 0 bridgehead atoms. The van der Waals surface area contributed by atoms with E-state index in [9.17, 15) is 9.18 Å². The van der Waals surface area contributed by atoms with Crippen LogP contribution in [-0.4, -0.2) is 37.1 Å². The first-order chi connectivity index (χ1) is 13.7. The number of fused-ring (bicyclic) bond motifs is 2. The van der Waals surface area contributed by atoms with Gasteiger partial charge in [-0.2, -0.15) is 11.8 Å². The largest absolute Gasteiger partial charge is 0.344 e. The number of hydrogen-bond donors (Lipinski definition) is 1. The quantitative estimate of drug-likeness (QED) is 0.519. The maximum Gasteiger partial charge on any atom is 0.240 e. The molecule has 28 heavy (non-hydrogen) atoms. The number of halogens is 1. The Morgan fingerprint density at radius 2 is 2.11 bits per heavy atom. The zero-order valence-corrected chi connectivity index (χ0v) is 16.2. The lowest BCUT2D eigenvalue weighted by molar-refractivity contribution is -0.122. The van der Waals surface area contributed by atoms with Gasteiger partial charge in [0.2, 0.25) is 5.91 Å². The molecule has 1 N–H and O–H groups in total. The molecule has 4 aromatic rings. The number of amides is 1. The average molecular weight is 397 g/mol. The van der Waals surface area contributed by atoms with Crippen LogP contribution in [0.2, 0.25) is 0 Å². The monoisotopic (exact) mass is 397 g/mol. The summed E-state index contributed by atoms with van der Waals surface area (Å²) in [6, 6.07) is 11.9. The van der Waals surface area contributed by atoms with Crippen LogP contribution >= 0.6 is 11.8 Å². The molecule has 0 unspecified atom stereocenters. The van der Waals surface area contributed by atoms with E-state index in [1.54, 1.807) is 28.6 Å². The molecule has 0 saturated heterocycles. The molecule has 4 rings (SSSR count). The van der Waals surface area contributed by atoms with Crippen LogP contribution in [0.4, 0.5) is 4.39 Å². The Labute approximate surface area is 165 Å². The first kappa shape index (κ1) is 18.5. The highest BCUT2D eigenvalue weighted by molar-refractivity contribution is 7.98. The van der Waals surface area contributed by atoms with Gasteiger partial charge >= 0.3 is 0 Å². The van der Waals surface area contributed by atoms with Gasteiger partial charge in [0.25, 0.3) is 0 Å². The summed E-state index contributed by atoms with van der Waals surface area (Å²) in [6.45, 7) is 0.111. The fourth-order valence-electron chi connectivity index (χ4n) is 3.29. The van der Waals surface area contributed by atoms with Crippen molar-refractivity contribution in [2.24, 2.45) is 0 Å². The molecule has 1 amide bonds. The van der Waals surface area contributed by atoms with Gasteiger partial charge in [-0.3, -0.25) is 9.20 Å². The number of nitrogens with zero attached hydrogens (tertiary/aromatic N) is 4. The molecule has 0 aliphatic rings. The lowest BCUT2D eigenvalue weighted by atomic mass is 10.2. The number of rotatable bonds is 7. The van der Waals surface area contributed by atoms with Gasteiger partial charge < -0.3 is 9.88 Å². The number of pyridine rings is 1. The van der Waals surface area contributed by atoms with Gasteiger partial charge in [-0.1, -0.05) is 6.07 Å². The molecule has 0 radical (unpaired) electrons. The Morgan fingerprint density at radius 3 is 2.96 bits per heavy atom. The molecule has 8 heteroatoms. The third kappa shape index (κ3) is 3.73. The van der Waals surface area contributed by atoms with Crippen LogP contribution in [0, 0.1) is 5.82 Å². The minimum absolute atomic E-state index is 0.111. The Hall–Kier alpha value is -2.87. The lowest BCUT2D eigenvalue weighted by Gasteiger charge is -2.17. The molecule has 0 aliphatic heterocycles. The SMILES string of the molecule is CSCC[C@H](NC(=O)Cn1ccc2ccc(F)cc21)c1nnc2ccccn12. The third-order valence-electron chi connectivity index (χ3n) is 4.65. The molecule has 0 spiro atoms. The highest BCUT2D eigenvalue weighted by atomic mass is 32.2. The number of aromatic nitrogens is 4. The molecule has 3 aromatic heterocycles. The highest BCUT2D eigenvalue weighted by Gasteiger charge is 2.20. The second kappa shape index (κ2) is 8.02. The number of thioether (sulfide) groups is 1. The summed E-state index contributed by atoms with van der Waals surface area (Å²) in [6.07, 6.45) is 6.46. The van der Waals surface area contributed by atoms with Crippen molar-refractivity contribution in [3.63, 3.8) is 0 Å². The number of benzene rings is 1. The smallest absolute Gasteiger partial charge is 0.240 e. The van der Waals surface area contributed by atoms with E-state index >= 15 is 0 Å². The van der Waals surface area contributed by atoms with Crippen molar-refractivity contribution in [1.82, 2.24) is 24.5 Å². The van der Waals surface area contributed by atoms with Gasteiger partial charge in [0.15, 0.2) is 11.5 Å². The van der Waals surface area contributed by atoms with E-state index < -0.39 is 0 Å². The molecule has 0 saturated carbocycles. The van der Waals surface area contributed by atoms with Crippen molar-refractivity contribution in [2.75, 3.05) is 12.0 Å². The van der Waals surface area contributed by atoms with Crippen LogP contribution in [0.5, 0.6) is 0 Å². The Balaban J connectivity index is 1.56. The van der Waals surface area contributed by atoms with Crippen LogP contribution in [-0.2, 0) is 11.3 Å². The molecule has 6 nitrogen and oxygen atoms in total. The fraction of sp³-hybridized carbons (Fsp3) is 0.250. The zero-order valence-electron chi connectivity index (χ0n) is 15.4. The third-order valence-corrected chi connectivity index (χ3v) is 5.29. The van der Waals surface area contributed by atoms with Gasteiger partial charge in [-0.25, -0.2) is 4.39 Å². The fourth-order valence-corrected chi connectivity index (χ4v) is 3.76. The molecule has 3 heterocycles. The van der Waals surface area contributed by atoms with Gasteiger partial charge in [-0.15, -0.1) is 10.2 Å². The molecule has 1 atom stereocenters. The van der Waals surface area contributed by atoms with E-state index in [4.69, 9.17) is 0 Å². The Kier molecular flexibility index (Phi) is 5.29. The predicted molar refractivity (Wildman–Crippen MR) is 109 cm³/mol. The van der Waals surface area contributed by atoms with Gasteiger partial charge in [0, 0.05) is 12.4 Å². The summed E-state index contributed by atoms with van der Waals surface area (Å²) in [5, 5.41) is 12.5. The van der Waals surface area contributed by atoms with Crippen LogP contribution < -0.4 is 5.32 Å². The van der Waals surface area contributed by atoms with Crippen molar-refractivity contribution >= 4 is 34.2 Å². The Morgan fingerprint density at radius 1 is 1.21 bits per heavy atom. The number of hydrogen-bond acceptors (Lipinski definition) is 4. The van der Waals surface area contributed by atoms with Crippen molar-refractivity contribution in [3.05, 3.63) is 66.5 Å². The van der Waals surface area contributed by atoms with E-state index in [1.807, 2.05) is 41.1 Å². The normalized spacial score (nSPS) is 12.5. The number of nitrogens with one attached hydrogen (secondary N) is 1. The van der Waals surface area contributed by atoms with E-state index in [0.717, 1.165) is 23.2 Å². The summed E-state index contributed by atoms with van der Waals surface area (Å²) >= 11 is 1.71. The van der Waals surface area contributed by atoms with Gasteiger partial charge in [0.05, 0.1) is 11.6 Å². The van der Waals surface area contributed by atoms with Crippen molar-refractivity contribution in [3.8, 4) is 0 Å². The maximum atomic E-state index is 13.6. The number of carbonyl (C=O) groups is 1. The van der Waals surface area contributed by atoms with Crippen molar-refractivity contribution < 1.29 is 9.18 Å². The van der Waals surface area contributed by atoms with Crippen LogP contribution in [0.3, 0.4) is 0 Å². The average Bonchev–Trinajstić information content (AvgIpc) is 3.29. The predicted octanol–water partition coefficient (Wildman–Crippen LogP) is 3.43. The molecule has 0 aliphatic carbocycles. The minimum atomic E-state index is -0.319. The Bertz CT molecular complexity index is 1120. The van der Waals surface area contributed by atoms with Gasteiger partial charge in [0.1, 0.15) is 12.4 Å². The second-order valence-corrected chi connectivity index (χ2v) is 7.52. The van der Waals surface area contributed by atoms with Gasteiger partial charge in [-0.05, 0) is 60.2 Å². The summed E-state index contributed by atoms with van der Waals surface area (Å²) in [5.74, 6) is 1.12. The topological polar surface area (TPSA) is 64.2 Å². The standard InChI is InChI=1S/C20H20FN5OS/c1-28-11-8-16(20-24-23-18-4-2-3-9-26(18)20)22-19(27)13-25-10-7-14-5-6-15(21)12-17(14)25/h2-7,9-10,12,16H,8,11,13H2,1H3,(H,22,27)/t16-/m0/s1. The van der Waals surface area contributed by atoms with E-state index in [1.165, 1.54) is 12.1 Å². The molecular formula is C20H20FN5OS. The van der Waals surface area contributed by atoms with Crippen molar-refractivity contribution in [2.45, 2.75) is 19.0 Å². The molecule has 144 valence electrons. The molecule has 0 fully saturated rings. The summed E-state index contributed by atoms with van der Waals surface area (Å²) < 4.78 is 17.2. The minimum Gasteiger partial charge on any atom is -0.344 e. The summed E-state index contributed by atoms with van der Waals surface area (Å²) in [5.41, 5.74) is 1.44. The first-order valence-electron chi connectivity index (χ1n) is 8.98. The van der Waals surface area contributed by atoms with Crippen LogP contribution in [0.1, 0.15) is 18.3 Å². The van der Waals surface area contributed by atoms with E-state index in [-0.39, 0.29) is 24.3 Å². The van der Waals surface area contributed by atoms with Crippen molar-refractivity contribution in [1.29, 1.82) is 0 Å². The zero-order chi connectivity index (χ0) is 19.5. The number of carbonyl (C=O) groups excluding carboxylic acids is 1. The highest BCUT2D eigenvalue weighted by Crippen LogP contribution is 2.20. The second-order valence-electron chi connectivity index (χ2n) is 6.54. The van der Waals surface area contributed by atoms with E-state index in [0.29, 0.717) is 11.3 Å². The van der Waals surface area contributed by atoms with Crippen LogP contribution in [0.25, 0.3) is 16.6 Å². The summed E-state index contributed by atoms with van der Waals surface area (Å²) in [4.78, 5) is 12.8. The first-order valence-corrected chi connectivity index (χ1v) is 10.4.